The van der Waals surface area contributed by atoms with Crippen LogP contribution in [0.4, 0.5) is 11.6 Å². The summed E-state index contributed by atoms with van der Waals surface area (Å²) in [5.74, 6) is 1.27. The quantitative estimate of drug-likeness (QED) is 0.432. The van der Waals surface area contributed by atoms with Crippen molar-refractivity contribution in [3.8, 4) is 22.6 Å². The van der Waals surface area contributed by atoms with Gasteiger partial charge in [0.05, 0.1) is 35.6 Å². The molecule has 5 aromatic rings. The third kappa shape index (κ3) is 3.24. The van der Waals surface area contributed by atoms with Gasteiger partial charge in [-0.15, -0.1) is 5.10 Å². The first-order chi connectivity index (χ1) is 15.5. The Labute approximate surface area is 183 Å². The van der Waals surface area contributed by atoms with E-state index < -0.39 is 0 Å². The smallest absolute Gasteiger partial charge is 0.223 e. The summed E-state index contributed by atoms with van der Waals surface area (Å²) in [5.41, 5.74) is 11.8. The van der Waals surface area contributed by atoms with Gasteiger partial charge in [0.2, 0.25) is 5.95 Å². The van der Waals surface area contributed by atoms with E-state index in [4.69, 9.17) is 21.7 Å². The van der Waals surface area contributed by atoms with Crippen molar-refractivity contribution < 1.29 is 4.42 Å². The van der Waals surface area contributed by atoms with Crippen LogP contribution in [0.5, 0.6) is 0 Å². The number of fused-ring (bicyclic) bond motifs is 1. The molecule has 1 aromatic carbocycles. The number of nitrogens with zero attached hydrogens (tertiary/aromatic N) is 7. The minimum Gasteiger partial charge on any atom is -0.443 e. The number of pyridine rings is 1. The van der Waals surface area contributed by atoms with Crippen LogP contribution in [-0.4, -0.2) is 29.5 Å². The molecule has 0 bridgehead atoms. The molecule has 5 rings (SSSR count). The zero-order chi connectivity index (χ0) is 22.2. The Morgan fingerprint density at radius 1 is 1.12 bits per heavy atom. The van der Waals surface area contributed by atoms with Gasteiger partial charge in [0.15, 0.2) is 29.3 Å². The second kappa shape index (κ2) is 7.59. The van der Waals surface area contributed by atoms with Crippen LogP contribution in [0.2, 0.25) is 0 Å². The molecule has 0 aliphatic carbocycles. The molecular weight excluding hydrogens is 404 g/mol. The average molecular weight is 422 g/mol. The number of benzene rings is 1. The summed E-state index contributed by atoms with van der Waals surface area (Å²) < 4.78 is 7.22. The minimum atomic E-state index is 0.181. The number of aromatic nitrogens is 6. The van der Waals surface area contributed by atoms with Crippen molar-refractivity contribution in [2.75, 3.05) is 5.73 Å². The van der Waals surface area contributed by atoms with Gasteiger partial charge in [0.1, 0.15) is 0 Å². The van der Waals surface area contributed by atoms with Crippen LogP contribution in [0.25, 0.3) is 33.1 Å². The molecule has 0 atom stereocenters. The van der Waals surface area contributed by atoms with E-state index >= 15 is 0 Å². The molecule has 9 heteroatoms. The van der Waals surface area contributed by atoms with Gasteiger partial charge in [-0.05, 0) is 37.1 Å². The lowest BCUT2D eigenvalue weighted by molar-refractivity contribution is 0.571. The lowest BCUT2D eigenvalue weighted by atomic mass is 10.0. The molecule has 0 unspecified atom stereocenters. The fraction of sp³-hybridized carbons (Fsp3) is 0.130. The summed E-state index contributed by atoms with van der Waals surface area (Å²) in [6.45, 7) is 11.2. The Hall–Kier alpha value is -4.58. The number of oxazole rings is 1. The highest BCUT2D eigenvalue weighted by Crippen LogP contribution is 2.37. The van der Waals surface area contributed by atoms with Crippen molar-refractivity contribution in [2.45, 2.75) is 20.3 Å². The van der Waals surface area contributed by atoms with E-state index in [1.54, 1.807) is 24.4 Å². The highest BCUT2D eigenvalue weighted by molar-refractivity contribution is 5.90. The first-order valence-electron chi connectivity index (χ1n) is 9.89. The maximum absolute atomic E-state index is 7.35. The molecule has 9 nitrogen and oxygen atoms in total. The molecule has 0 aliphatic rings. The van der Waals surface area contributed by atoms with Gasteiger partial charge in [0, 0.05) is 6.20 Å². The zero-order valence-electron chi connectivity index (χ0n) is 17.4. The topological polar surface area (TPSA) is 112 Å². The molecule has 156 valence electrons. The predicted octanol–water partition coefficient (Wildman–Crippen LogP) is 4.18. The summed E-state index contributed by atoms with van der Waals surface area (Å²) in [4.78, 5) is 21.6. The van der Waals surface area contributed by atoms with Gasteiger partial charge in [-0.1, -0.05) is 24.3 Å². The highest BCUT2D eigenvalue weighted by Gasteiger charge is 2.24. The van der Waals surface area contributed by atoms with Gasteiger partial charge in [-0.2, -0.15) is 4.52 Å². The number of nitrogens with two attached hydrogens (primary N) is 1. The fourth-order valence-corrected chi connectivity index (χ4v) is 3.61. The summed E-state index contributed by atoms with van der Waals surface area (Å²) in [5, 5.41) is 4.58. The molecule has 0 saturated carbocycles. The van der Waals surface area contributed by atoms with Crippen LogP contribution in [-0.2, 0) is 6.42 Å². The molecule has 0 radical (unpaired) electrons. The third-order valence-electron chi connectivity index (χ3n) is 5.22. The predicted molar refractivity (Wildman–Crippen MR) is 119 cm³/mol. The van der Waals surface area contributed by atoms with Crippen molar-refractivity contribution in [1.29, 1.82) is 0 Å². The number of hydrogen-bond acceptors (Lipinski definition) is 7. The molecular formula is C23H18N8O. The lowest BCUT2D eigenvalue weighted by Crippen LogP contribution is -2.06. The minimum absolute atomic E-state index is 0.181. The second-order valence-electron chi connectivity index (χ2n) is 7.33. The molecule has 0 fully saturated rings. The summed E-state index contributed by atoms with van der Waals surface area (Å²) in [6, 6.07) is 11.1. The molecule has 0 spiro atoms. The first-order valence-corrected chi connectivity index (χ1v) is 9.89. The van der Waals surface area contributed by atoms with Crippen LogP contribution < -0.4 is 5.73 Å². The number of hydrogen-bond donors (Lipinski definition) is 1. The average Bonchev–Trinajstić information content (AvgIpc) is 3.42. The van der Waals surface area contributed by atoms with Crippen molar-refractivity contribution in [3.05, 3.63) is 83.2 Å². The summed E-state index contributed by atoms with van der Waals surface area (Å²) >= 11 is 0. The molecule has 2 N–H and O–H groups in total. The standard InChI is InChI=1S/C23H18N8O/c1-13-6-5-9-26-17(13)11-18-28-22-19(21-14(2)27-12-32-21)20(29-23(24)31(22)30-18)15-7-4-8-16(10-15)25-3/h4-10,12H,11H2,1-2H3,(H2,24,29). The largest absolute Gasteiger partial charge is 0.443 e. The molecule has 0 aliphatic heterocycles. The number of anilines is 1. The molecule has 32 heavy (non-hydrogen) atoms. The van der Waals surface area contributed by atoms with Crippen LogP contribution in [0, 0.1) is 20.4 Å². The third-order valence-corrected chi connectivity index (χ3v) is 5.22. The Bertz CT molecular complexity index is 1510. The summed E-state index contributed by atoms with van der Waals surface area (Å²) in [7, 11) is 0. The van der Waals surface area contributed by atoms with E-state index in [9.17, 15) is 0 Å². The maximum atomic E-state index is 7.35. The van der Waals surface area contributed by atoms with E-state index in [0.717, 1.165) is 16.8 Å². The van der Waals surface area contributed by atoms with E-state index in [0.29, 0.717) is 46.3 Å². The van der Waals surface area contributed by atoms with Gasteiger partial charge in [-0.25, -0.2) is 19.8 Å². The van der Waals surface area contributed by atoms with Crippen molar-refractivity contribution in [2.24, 2.45) is 0 Å². The van der Waals surface area contributed by atoms with E-state index in [-0.39, 0.29) is 5.95 Å². The maximum Gasteiger partial charge on any atom is 0.223 e. The van der Waals surface area contributed by atoms with Gasteiger partial charge in [-0.3, -0.25) is 4.98 Å². The number of aryl methyl sites for hydroxylation is 2. The summed E-state index contributed by atoms with van der Waals surface area (Å²) in [6.07, 6.45) is 3.58. The molecule has 4 heterocycles. The molecule has 0 saturated heterocycles. The Morgan fingerprint density at radius 2 is 2.00 bits per heavy atom. The van der Waals surface area contributed by atoms with Crippen LogP contribution in [0.15, 0.2) is 53.4 Å². The van der Waals surface area contributed by atoms with Gasteiger partial charge in [0.25, 0.3) is 0 Å². The first kappa shape index (κ1) is 19.4. The van der Waals surface area contributed by atoms with Crippen LogP contribution in [0.1, 0.15) is 22.8 Å². The number of nitrogen functional groups attached to an aromatic ring is 1. The van der Waals surface area contributed by atoms with Crippen molar-refractivity contribution in [1.82, 2.24) is 29.5 Å². The van der Waals surface area contributed by atoms with Crippen LogP contribution >= 0.6 is 0 Å². The van der Waals surface area contributed by atoms with Crippen LogP contribution in [0.3, 0.4) is 0 Å². The zero-order valence-corrected chi connectivity index (χ0v) is 17.4. The second-order valence-corrected chi connectivity index (χ2v) is 7.33. The highest BCUT2D eigenvalue weighted by atomic mass is 16.3. The monoisotopic (exact) mass is 422 g/mol. The Kier molecular flexibility index (Phi) is 4.60. The molecule has 4 aromatic heterocycles. The van der Waals surface area contributed by atoms with E-state index in [2.05, 4.69) is 24.9 Å². The van der Waals surface area contributed by atoms with E-state index in [1.165, 1.54) is 10.9 Å². The Morgan fingerprint density at radius 3 is 2.75 bits per heavy atom. The normalized spacial score (nSPS) is 11.0. The van der Waals surface area contributed by atoms with Crippen molar-refractivity contribution >= 4 is 17.3 Å². The van der Waals surface area contributed by atoms with E-state index in [1.807, 2.05) is 32.0 Å². The van der Waals surface area contributed by atoms with Crippen molar-refractivity contribution in [3.63, 3.8) is 0 Å². The van der Waals surface area contributed by atoms with Gasteiger partial charge >= 0.3 is 0 Å². The molecule has 0 amide bonds. The SMILES string of the molecule is [C-]#[N+]c1cccc(-c2nc(N)n3nc(Cc4ncccc4C)nc3c2-c2ocnc2C)c1. The lowest BCUT2D eigenvalue weighted by Gasteiger charge is -2.10. The Balaban J connectivity index is 1.77. The van der Waals surface area contributed by atoms with Gasteiger partial charge < -0.3 is 10.2 Å². The number of rotatable bonds is 4. The fourth-order valence-electron chi connectivity index (χ4n) is 3.61.